The molecule has 52 heavy (non-hydrogen) atoms. The molecule has 0 fully saturated rings. The average molecular weight is 677 g/mol. The Kier molecular flexibility index (Phi) is 8.35. The number of hydrogen-bond acceptors (Lipinski definition) is 2. The molecule has 0 saturated heterocycles. The SMILES string of the molecule is COc1ccc(-c2c(C)cc(C)cc2C)cc1-c1cc2c3ccccc3c(-c3cc(-c4c(C)cc(C)cc4C)ccc3OC)cc2c2ccccc12. The van der Waals surface area contributed by atoms with Crippen LogP contribution in [0.1, 0.15) is 33.4 Å². The number of methoxy groups -OCH3 is 2. The predicted molar refractivity (Wildman–Crippen MR) is 222 cm³/mol. The summed E-state index contributed by atoms with van der Waals surface area (Å²) in [5.41, 5.74) is 17.1. The lowest BCUT2D eigenvalue weighted by Crippen LogP contribution is -1.95. The molecule has 256 valence electrons. The third kappa shape index (κ3) is 5.51. The lowest BCUT2D eigenvalue weighted by atomic mass is 9.85. The van der Waals surface area contributed by atoms with Gasteiger partial charge in [0.2, 0.25) is 0 Å². The van der Waals surface area contributed by atoms with Crippen LogP contribution in [-0.2, 0) is 0 Å². The van der Waals surface area contributed by atoms with E-state index in [0.29, 0.717) is 0 Å². The van der Waals surface area contributed by atoms with Crippen molar-refractivity contribution in [3.05, 3.63) is 155 Å². The monoisotopic (exact) mass is 676 g/mol. The molecular weight excluding hydrogens is 633 g/mol. The summed E-state index contributed by atoms with van der Waals surface area (Å²) in [6.45, 7) is 13.2. The van der Waals surface area contributed by atoms with Gasteiger partial charge in [0.05, 0.1) is 14.2 Å². The molecule has 0 amide bonds. The number of fused-ring (bicyclic) bond motifs is 5. The third-order valence-electron chi connectivity index (χ3n) is 10.8. The van der Waals surface area contributed by atoms with Gasteiger partial charge in [-0.1, -0.05) is 96.1 Å². The van der Waals surface area contributed by atoms with Gasteiger partial charge in [-0.25, -0.2) is 0 Å². The molecule has 0 aliphatic carbocycles. The van der Waals surface area contributed by atoms with Crippen molar-refractivity contribution in [3.8, 4) is 56.0 Å². The molecule has 0 N–H and O–H groups in total. The smallest absolute Gasteiger partial charge is 0.126 e. The van der Waals surface area contributed by atoms with Gasteiger partial charge < -0.3 is 9.47 Å². The van der Waals surface area contributed by atoms with Crippen molar-refractivity contribution >= 4 is 32.3 Å². The summed E-state index contributed by atoms with van der Waals surface area (Å²) in [6, 6.07) is 44.7. The molecule has 0 atom stereocenters. The van der Waals surface area contributed by atoms with Crippen LogP contribution in [0.4, 0.5) is 0 Å². The van der Waals surface area contributed by atoms with Crippen molar-refractivity contribution in [2.75, 3.05) is 14.2 Å². The highest BCUT2D eigenvalue weighted by atomic mass is 16.5. The largest absolute Gasteiger partial charge is 0.496 e. The normalized spacial score (nSPS) is 11.5. The highest BCUT2D eigenvalue weighted by molar-refractivity contribution is 6.24. The van der Waals surface area contributed by atoms with E-state index in [2.05, 4.69) is 163 Å². The Hall–Kier alpha value is -5.86. The summed E-state index contributed by atoms with van der Waals surface area (Å²) < 4.78 is 12.2. The molecule has 0 bridgehead atoms. The van der Waals surface area contributed by atoms with Gasteiger partial charge >= 0.3 is 0 Å². The number of aryl methyl sites for hydroxylation is 6. The van der Waals surface area contributed by atoms with E-state index >= 15 is 0 Å². The highest BCUT2D eigenvalue weighted by Crippen LogP contribution is 2.47. The van der Waals surface area contributed by atoms with Gasteiger partial charge in [-0.05, 0) is 166 Å². The van der Waals surface area contributed by atoms with E-state index in [0.717, 1.165) is 33.8 Å². The fraction of sp³-hybridized carbons (Fsp3) is 0.160. The predicted octanol–water partition coefficient (Wildman–Crippen LogP) is 13.7. The minimum absolute atomic E-state index is 0.861. The van der Waals surface area contributed by atoms with Crippen LogP contribution in [0.3, 0.4) is 0 Å². The maximum Gasteiger partial charge on any atom is 0.126 e. The molecular formula is C50H44O2. The van der Waals surface area contributed by atoms with Crippen molar-refractivity contribution < 1.29 is 9.47 Å². The first-order valence-corrected chi connectivity index (χ1v) is 18.1. The Morgan fingerprint density at radius 1 is 0.327 bits per heavy atom. The van der Waals surface area contributed by atoms with E-state index in [9.17, 15) is 0 Å². The minimum Gasteiger partial charge on any atom is -0.496 e. The maximum absolute atomic E-state index is 6.08. The molecule has 0 aliphatic rings. The molecule has 0 saturated carbocycles. The highest BCUT2D eigenvalue weighted by Gasteiger charge is 2.20. The number of rotatable bonds is 6. The molecule has 8 aromatic rings. The van der Waals surface area contributed by atoms with Gasteiger partial charge in [0, 0.05) is 11.1 Å². The van der Waals surface area contributed by atoms with Gasteiger partial charge in [0.25, 0.3) is 0 Å². The van der Waals surface area contributed by atoms with Crippen LogP contribution in [0.2, 0.25) is 0 Å². The number of hydrogen-bond donors (Lipinski definition) is 0. The fourth-order valence-electron chi connectivity index (χ4n) is 8.82. The zero-order chi connectivity index (χ0) is 36.3. The van der Waals surface area contributed by atoms with E-state index in [-0.39, 0.29) is 0 Å². The van der Waals surface area contributed by atoms with Crippen molar-refractivity contribution in [3.63, 3.8) is 0 Å². The second-order valence-electron chi connectivity index (χ2n) is 14.4. The van der Waals surface area contributed by atoms with Gasteiger partial charge in [-0.2, -0.15) is 0 Å². The van der Waals surface area contributed by atoms with Crippen LogP contribution in [0.5, 0.6) is 11.5 Å². The molecule has 8 rings (SSSR count). The quantitative estimate of drug-likeness (QED) is 0.163. The lowest BCUT2D eigenvalue weighted by molar-refractivity contribution is 0.416. The Morgan fingerprint density at radius 3 is 1.02 bits per heavy atom. The summed E-state index contributed by atoms with van der Waals surface area (Å²) in [7, 11) is 3.54. The second-order valence-corrected chi connectivity index (χ2v) is 14.4. The van der Waals surface area contributed by atoms with E-state index in [1.54, 1.807) is 14.2 Å². The Balaban J connectivity index is 1.42. The average Bonchev–Trinajstić information content (AvgIpc) is 3.13. The summed E-state index contributed by atoms with van der Waals surface area (Å²) >= 11 is 0. The molecule has 0 aromatic heterocycles. The van der Waals surface area contributed by atoms with Crippen LogP contribution < -0.4 is 9.47 Å². The van der Waals surface area contributed by atoms with Crippen molar-refractivity contribution in [1.82, 2.24) is 0 Å². The van der Waals surface area contributed by atoms with Gasteiger partial charge in [0.15, 0.2) is 0 Å². The first-order chi connectivity index (χ1) is 25.2. The molecule has 2 nitrogen and oxygen atoms in total. The lowest BCUT2D eigenvalue weighted by Gasteiger charge is -2.20. The molecule has 2 heteroatoms. The Bertz CT molecular complexity index is 2480. The first kappa shape index (κ1) is 33.3. The summed E-state index contributed by atoms with van der Waals surface area (Å²) in [5.74, 6) is 1.72. The molecule has 0 heterocycles. The molecule has 8 aromatic carbocycles. The van der Waals surface area contributed by atoms with E-state index < -0.39 is 0 Å². The first-order valence-electron chi connectivity index (χ1n) is 18.1. The van der Waals surface area contributed by atoms with Gasteiger partial charge in [-0.15, -0.1) is 0 Å². The number of benzene rings is 8. The van der Waals surface area contributed by atoms with Crippen molar-refractivity contribution in [1.29, 1.82) is 0 Å². The third-order valence-corrected chi connectivity index (χ3v) is 10.8. The summed E-state index contributed by atoms with van der Waals surface area (Å²) in [4.78, 5) is 0. The van der Waals surface area contributed by atoms with Crippen LogP contribution in [0, 0.1) is 41.5 Å². The molecule has 0 unspecified atom stereocenters. The van der Waals surface area contributed by atoms with Crippen molar-refractivity contribution in [2.45, 2.75) is 41.5 Å². The maximum atomic E-state index is 6.08. The van der Waals surface area contributed by atoms with Crippen LogP contribution in [0.15, 0.2) is 121 Å². The van der Waals surface area contributed by atoms with E-state index in [4.69, 9.17) is 9.47 Å². The Morgan fingerprint density at radius 2 is 0.673 bits per heavy atom. The van der Waals surface area contributed by atoms with Gasteiger partial charge in [0.1, 0.15) is 11.5 Å². The van der Waals surface area contributed by atoms with Crippen LogP contribution >= 0.6 is 0 Å². The number of ether oxygens (including phenoxy) is 2. The standard InChI is InChI=1S/C50H44O2/c1-29-21-31(3)49(32(4)22-29)35-17-19-47(51-7)45(25-35)43-27-41-38-14-10-12-16-40(38)44(28-42(41)37-13-9-11-15-39(37)43)46-26-36(18-20-48(46)52-8)50-33(5)23-30(2)24-34(50)6/h9-28H,1-8H3. The summed E-state index contributed by atoms with van der Waals surface area (Å²) in [6.07, 6.45) is 0. The second kappa shape index (κ2) is 13.0. The zero-order valence-electron chi connectivity index (χ0n) is 31.4. The zero-order valence-corrected chi connectivity index (χ0v) is 31.4. The fourth-order valence-corrected chi connectivity index (χ4v) is 8.82. The molecule has 0 radical (unpaired) electrons. The molecule has 0 aliphatic heterocycles. The molecule has 0 spiro atoms. The van der Waals surface area contributed by atoms with Crippen LogP contribution in [-0.4, -0.2) is 14.2 Å². The summed E-state index contributed by atoms with van der Waals surface area (Å²) in [5, 5.41) is 7.22. The van der Waals surface area contributed by atoms with E-state index in [1.807, 2.05) is 0 Å². The van der Waals surface area contributed by atoms with E-state index in [1.165, 1.54) is 88.0 Å². The van der Waals surface area contributed by atoms with Crippen LogP contribution in [0.25, 0.3) is 76.8 Å². The Labute approximate surface area is 307 Å². The van der Waals surface area contributed by atoms with Crippen molar-refractivity contribution in [2.24, 2.45) is 0 Å². The van der Waals surface area contributed by atoms with Gasteiger partial charge in [-0.3, -0.25) is 0 Å². The minimum atomic E-state index is 0.861. The topological polar surface area (TPSA) is 18.5 Å².